The van der Waals surface area contributed by atoms with E-state index >= 15 is 0 Å². The Balaban J connectivity index is 4.48. The minimum atomic E-state index is -4.55. The van der Waals surface area contributed by atoms with Crippen LogP contribution in [0.5, 0.6) is 0 Å². The van der Waals surface area contributed by atoms with Crippen LogP contribution in [0.15, 0.2) is 0 Å². The van der Waals surface area contributed by atoms with Gasteiger partial charge in [0.15, 0.2) is 6.10 Å². The van der Waals surface area contributed by atoms with Crippen molar-refractivity contribution in [2.45, 2.75) is 219 Å². The molecule has 2 atom stereocenters. The maximum Gasteiger partial charge on any atom is 0.472 e. The zero-order chi connectivity index (χ0) is 39.8. The van der Waals surface area contributed by atoms with Crippen LogP contribution in [0.25, 0.3) is 0 Å². The number of rotatable bonds is 42. The maximum atomic E-state index is 12.7. The van der Waals surface area contributed by atoms with Gasteiger partial charge in [0.2, 0.25) is 5.91 Å². The largest absolute Gasteiger partial charge is 0.472 e. The van der Waals surface area contributed by atoms with E-state index in [1.54, 1.807) is 0 Å². The maximum absolute atomic E-state index is 12.7. The van der Waals surface area contributed by atoms with E-state index in [0.29, 0.717) is 19.3 Å². The highest BCUT2D eigenvalue weighted by Gasteiger charge is 2.26. The summed E-state index contributed by atoms with van der Waals surface area (Å²) in [4.78, 5) is 57.4. The second-order valence-corrected chi connectivity index (χ2v) is 16.2. The minimum Gasteiger partial charge on any atom is -0.462 e. The molecule has 0 fully saturated rings. The topological polar surface area (TPSA) is 155 Å². The number of amides is 1. The monoisotopic (exact) mass is 790 g/mol. The molecule has 0 aromatic rings. The summed E-state index contributed by atoms with van der Waals surface area (Å²) in [6.07, 6.45) is 32.1. The quantitative estimate of drug-likeness (QED) is 0.0264. The molecular formula is C42H80NO10P. The van der Waals surface area contributed by atoms with E-state index in [1.165, 1.54) is 116 Å². The lowest BCUT2D eigenvalue weighted by molar-refractivity contribution is -0.161. The number of ether oxygens (including phenoxy) is 2. The van der Waals surface area contributed by atoms with Crippen LogP contribution in [0.2, 0.25) is 0 Å². The predicted octanol–water partition coefficient (Wildman–Crippen LogP) is 11.0. The summed E-state index contributed by atoms with van der Waals surface area (Å²) in [7, 11) is -4.55. The van der Waals surface area contributed by atoms with Crippen molar-refractivity contribution in [1.82, 2.24) is 5.32 Å². The van der Waals surface area contributed by atoms with Crippen molar-refractivity contribution in [3.8, 4) is 0 Å². The zero-order valence-corrected chi connectivity index (χ0v) is 35.4. The van der Waals surface area contributed by atoms with Gasteiger partial charge in [0.1, 0.15) is 12.9 Å². The van der Waals surface area contributed by atoms with E-state index < -0.39 is 32.5 Å². The molecule has 0 aliphatic rings. The van der Waals surface area contributed by atoms with Crippen LogP contribution in [0.1, 0.15) is 213 Å². The van der Waals surface area contributed by atoms with Crippen LogP contribution >= 0.6 is 7.82 Å². The molecule has 0 aromatic carbocycles. The van der Waals surface area contributed by atoms with E-state index in [9.17, 15) is 28.6 Å². The molecule has 0 aromatic heterocycles. The number of phosphoric acid groups is 1. The minimum absolute atomic E-state index is 0.0256. The van der Waals surface area contributed by atoms with Gasteiger partial charge in [0.25, 0.3) is 0 Å². The van der Waals surface area contributed by atoms with Crippen LogP contribution in [0, 0.1) is 0 Å². The summed E-state index contributed by atoms with van der Waals surface area (Å²) >= 11 is 0. The van der Waals surface area contributed by atoms with Gasteiger partial charge in [0.05, 0.1) is 13.2 Å². The Morgan fingerprint density at radius 2 is 1.00 bits per heavy atom. The Morgan fingerprint density at radius 1 is 0.574 bits per heavy atom. The number of hydrogen-bond donors (Lipinski definition) is 2. The lowest BCUT2D eigenvalue weighted by Crippen LogP contribution is -2.30. The first kappa shape index (κ1) is 52.2. The first-order chi connectivity index (χ1) is 26.2. The normalized spacial score (nSPS) is 12.9. The van der Waals surface area contributed by atoms with Crippen molar-refractivity contribution < 1.29 is 47.2 Å². The third kappa shape index (κ3) is 38.5. The highest BCUT2D eigenvalue weighted by atomic mass is 31.2. The Bertz CT molecular complexity index is 950. The molecule has 12 heteroatoms. The fourth-order valence-corrected chi connectivity index (χ4v) is 6.94. The van der Waals surface area contributed by atoms with Gasteiger partial charge in [-0.25, -0.2) is 4.57 Å². The number of unbranched alkanes of at least 4 members (excludes halogenated alkanes) is 25. The third-order valence-corrected chi connectivity index (χ3v) is 10.5. The molecule has 1 amide bonds. The predicted molar refractivity (Wildman–Crippen MR) is 216 cm³/mol. The van der Waals surface area contributed by atoms with Gasteiger partial charge in [-0.3, -0.25) is 23.4 Å². The Hall–Kier alpha value is -1.81. The van der Waals surface area contributed by atoms with E-state index in [1.807, 2.05) is 0 Å². The smallest absolute Gasteiger partial charge is 0.462 e. The molecule has 0 aliphatic heterocycles. The van der Waals surface area contributed by atoms with Crippen LogP contribution in [0.4, 0.5) is 0 Å². The summed E-state index contributed by atoms with van der Waals surface area (Å²) in [6, 6.07) is 0. The van der Waals surface area contributed by atoms with Crippen molar-refractivity contribution in [1.29, 1.82) is 0 Å². The van der Waals surface area contributed by atoms with Gasteiger partial charge in [-0.15, -0.1) is 0 Å². The molecule has 11 nitrogen and oxygen atoms in total. The molecule has 0 aliphatic carbocycles. The van der Waals surface area contributed by atoms with E-state index in [0.717, 1.165) is 44.8 Å². The summed E-state index contributed by atoms with van der Waals surface area (Å²) in [5.41, 5.74) is 0. The lowest BCUT2D eigenvalue weighted by atomic mass is 10.0. The number of nitrogens with one attached hydrogen (secondary N) is 1. The molecule has 0 bridgehead atoms. The fourth-order valence-electron chi connectivity index (χ4n) is 6.19. The van der Waals surface area contributed by atoms with Crippen LogP contribution in [-0.4, -0.2) is 61.5 Å². The SMILES string of the molecule is CCCCCCCCCCCCCCCC(=O)OCC(COP(=O)(O)OCCNC(=O)CCCC=O)OC(=O)CCCCCCCCCCCCCCC. The summed E-state index contributed by atoms with van der Waals surface area (Å²) < 4.78 is 33.4. The highest BCUT2D eigenvalue weighted by Crippen LogP contribution is 2.43. The Labute approximate surface area is 329 Å². The van der Waals surface area contributed by atoms with Gasteiger partial charge in [-0.2, -0.15) is 0 Å². The zero-order valence-electron chi connectivity index (χ0n) is 34.5. The van der Waals surface area contributed by atoms with Gasteiger partial charge in [-0.1, -0.05) is 168 Å². The Morgan fingerprint density at radius 3 is 1.44 bits per heavy atom. The van der Waals surface area contributed by atoms with Crippen molar-refractivity contribution in [3.63, 3.8) is 0 Å². The average Bonchev–Trinajstić information content (AvgIpc) is 3.15. The van der Waals surface area contributed by atoms with Gasteiger partial charge in [0, 0.05) is 32.2 Å². The molecule has 0 spiro atoms. The standard InChI is InChI=1S/C42H80NO10P/c1-3-5-7-9-11-13-15-17-19-21-23-25-27-32-41(46)50-37-39(38-52-54(48,49)51-36-34-43-40(45)31-29-30-35-44)53-42(47)33-28-26-24-22-20-18-16-14-12-10-8-6-4-2/h35,39H,3-34,36-38H2,1-2H3,(H,43,45)(H,48,49). The van der Waals surface area contributed by atoms with Gasteiger partial charge < -0.3 is 24.5 Å². The summed E-state index contributed by atoms with van der Waals surface area (Å²) in [6.45, 7) is 3.38. The van der Waals surface area contributed by atoms with Crippen LogP contribution in [-0.2, 0) is 42.3 Å². The molecule has 0 radical (unpaired) electrons. The molecule has 0 heterocycles. The molecule has 0 saturated carbocycles. The van der Waals surface area contributed by atoms with E-state index in [-0.39, 0.29) is 51.3 Å². The van der Waals surface area contributed by atoms with Crippen LogP contribution in [0.3, 0.4) is 0 Å². The molecule has 2 N–H and O–H groups in total. The molecule has 0 saturated heterocycles. The highest BCUT2D eigenvalue weighted by molar-refractivity contribution is 7.47. The summed E-state index contributed by atoms with van der Waals surface area (Å²) in [5, 5.41) is 2.54. The molecule has 318 valence electrons. The van der Waals surface area contributed by atoms with Gasteiger partial charge >= 0.3 is 19.8 Å². The molecule has 54 heavy (non-hydrogen) atoms. The second kappa shape index (κ2) is 39.4. The first-order valence-corrected chi connectivity index (χ1v) is 23.4. The van der Waals surface area contributed by atoms with E-state index in [2.05, 4.69) is 19.2 Å². The molecule has 0 rings (SSSR count). The van der Waals surface area contributed by atoms with Crippen LogP contribution < -0.4 is 5.32 Å². The first-order valence-electron chi connectivity index (χ1n) is 21.9. The fraction of sp³-hybridized carbons (Fsp3) is 0.905. The summed E-state index contributed by atoms with van der Waals surface area (Å²) in [5.74, 6) is -1.20. The second-order valence-electron chi connectivity index (χ2n) is 14.8. The number of hydrogen-bond acceptors (Lipinski definition) is 9. The van der Waals surface area contributed by atoms with Crippen molar-refractivity contribution in [2.75, 3.05) is 26.4 Å². The molecule has 2 unspecified atom stereocenters. The third-order valence-electron chi connectivity index (χ3n) is 9.53. The Kier molecular flexibility index (Phi) is 38.1. The van der Waals surface area contributed by atoms with Gasteiger partial charge in [-0.05, 0) is 19.3 Å². The van der Waals surface area contributed by atoms with Crippen molar-refractivity contribution >= 4 is 32.0 Å². The average molecular weight is 790 g/mol. The number of aldehydes is 1. The number of phosphoric ester groups is 1. The molecular weight excluding hydrogens is 709 g/mol. The van der Waals surface area contributed by atoms with E-state index in [4.69, 9.17) is 18.5 Å². The number of esters is 2. The van der Waals surface area contributed by atoms with Crippen molar-refractivity contribution in [3.05, 3.63) is 0 Å². The van der Waals surface area contributed by atoms with Crippen molar-refractivity contribution in [2.24, 2.45) is 0 Å². The lowest BCUT2D eigenvalue weighted by Gasteiger charge is -2.20. The number of carbonyl (C=O) groups excluding carboxylic acids is 4. The number of carbonyl (C=O) groups is 4.